The fourth-order valence-corrected chi connectivity index (χ4v) is 9.69. The quantitative estimate of drug-likeness (QED) is 0.384. The molecule has 3 aliphatic rings. The van der Waals surface area contributed by atoms with E-state index >= 15 is 0 Å². The van der Waals surface area contributed by atoms with E-state index in [9.17, 15) is 43.6 Å². The highest BCUT2D eigenvalue weighted by molar-refractivity contribution is 7.93. The van der Waals surface area contributed by atoms with Crippen LogP contribution in [0.2, 0.25) is 0 Å². The summed E-state index contributed by atoms with van der Waals surface area (Å²) in [5, 5.41) is 2.44. The molecular formula is C29H26F5N3O5S2. The Morgan fingerprint density at radius 1 is 1.02 bits per heavy atom. The maximum atomic E-state index is 14.3. The van der Waals surface area contributed by atoms with E-state index in [1.807, 2.05) is 0 Å². The zero-order chi connectivity index (χ0) is 31.7. The molecule has 2 fully saturated rings. The van der Waals surface area contributed by atoms with Gasteiger partial charge in [0.2, 0.25) is 0 Å². The number of pyridine rings is 1. The van der Waals surface area contributed by atoms with E-state index < -0.39 is 72.8 Å². The number of rotatable bonds is 6. The van der Waals surface area contributed by atoms with E-state index in [-0.39, 0.29) is 46.4 Å². The lowest BCUT2D eigenvalue weighted by Gasteiger charge is -2.41. The Morgan fingerprint density at radius 3 is 2.27 bits per heavy atom. The van der Waals surface area contributed by atoms with Crippen molar-refractivity contribution < 1.29 is 43.6 Å². The van der Waals surface area contributed by atoms with Gasteiger partial charge in [-0.25, -0.2) is 25.6 Å². The SMILES string of the molecule is O=C(NCc1ncc(C(F)(F)F)cc1F)c1ccc2c(c1)C1(CCS(=O)(=O)CC1)[C@H](C1CC1)N2S(=O)(=O)c1ccc(F)cc1. The van der Waals surface area contributed by atoms with Crippen molar-refractivity contribution in [1.82, 2.24) is 10.3 Å². The van der Waals surface area contributed by atoms with Gasteiger partial charge in [0.05, 0.1) is 45.9 Å². The maximum absolute atomic E-state index is 14.3. The first kappa shape index (κ1) is 30.4. The van der Waals surface area contributed by atoms with Gasteiger partial charge in [0.25, 0.3) is 15.9 Å². The summed E-state index contributed by atoms with van der Waals surface area (Å²) in [6, 6.07) is 8.43. The number of sulfonamides is 1. The lowest BCUT2D eigenvalue weighted by molar-refractivity contribution is -0.138. The van der Waals surface area contributed by atoms with Gasteiger partial charge in [0.1, 0.15) is 21.5 Å². The van der Waals surface area contributed by atoms with Gasteiger partial charge in [0.15, 0.2) is 0 Å². The van der Waals surface area contributed by atoms with Gasteiger partial charge < -0.3 is 5.32 Å². The predicted octanol–water partition coefficient (Wildman–Crippen LogP) is 4.74. The molecule has 1 N–H and O–H groups in total. The molecule has 6 rings (SSSR count). The van der Waals surface area contributed by atoms with Gasteiger partial charge in [-0.2, -0.15) is 13.2 Å². The van der Waals surface area contributed by atoms with Crippen molar-refractivity contribution >= 4 is 31.5 Å². The van der Waals surface area contributed by atoms with Gasteiger partial charge in [-0.3, -0.25) is 14.1 Å². The van der Waals surface area contributed by atoms with Gasteiger partial charge in [-0.05, 0) is 85.7 Å². The van der Waals surface area contributed by atoms with Crippen LogP contribution in [-0.2, 0) is 38.0 Å². The summed E-state index contributed by atoms with van der Waals surface area (Å²) in [5.74, 6) is -2.98. The second kappa shape index (κ2) is 10.5. The zero-order valence-corrected chi connectivity index (χ0v) is 24.6. The number of carbonyl (C=O) groups excluding carboxylic acids is 1. The number of benzene rings is 2. The molecule has 44 heavy (non-hydrogen) atoms. The summed E-state index contributed by atoms with van der Waals surface area (Å²) >= 11 is 0. The number of aromatic nitrogens is 1. The molecule has 1 atom stereocenters. The van der Waals surface area contributed by atoms with Crippen LogP contribution >= 0.6 is 0 Å². The third kappa shape index (κ3) is 5.33. The van der Waals surface area contributed by atoms with E-state index in [2.05, 4.69) is 10.3 Å². The molecule has 234 valence electrons. The molecular weight excluding hydrogens is 629 g/mol. The molecule has 2 aliphatic heterocycles. The molecule has 2 aromatic carbocycles. The number of halogens is 5. The molecule has 1 spiro atoms. The lowest BCUT2D eigenvalue weighted by Crippen LogP contribution is -2.52. The second-order valence-corrected chi connectivity index (χ2v) is 15.5. The van der Waals surface area contributed by atoms with Crippen LogP contribution in [0.3, 0.4) is 0 Å². The normalized spacial score (nSPS) is 20.8. The van der Waals surface area contributed by atoms with Gasteiger partial charge in [-0.1, -0.05) is 0 Å². The maximum Gasteiger partial charge on any atom is 0.417 e. The number of carbonyl (C=O) groups is 1. The largest absolute Gasteiger partial charge is 0.417 e. The molecule has 3 aromatic rings. The fourth-order valence-electron chi connectivity index (χ4n) is 6.34. The molecule has 1 saturated carbocycles. The van der Waals surface area contributed by atoms with E-state index in [0.717, 1.165) is 25.0 Å². The van der Waals surface area contributed by atoms with Crippen molar-refractivity contribution in [2.45, 2.75) is 54.8 Å². The Kier molecular flexibility index (Phi) is 7.26. The summed E-state index contributed by atoms with van der Waals surface area (Å²) in [5.41, 5.74) is -1.76. The van der Waals surface area contributed by atoms with Crippen molar-refractivity contribution in [2.75, 3.05) is 15.8 Å². The van der Waals surface area contributed by atoms with Crippen molar-refractivity contribution in [3.05, 3.63) is 88.7 Å². The molecule has 1 amide bonds. The average Bonchev–Trinajstić information content (AvgIpc) is 3.76. The standard InChI is InChI=1S/C29H26F5N3O5S2/c30-20-4-6-21(7-5-20)44(41,42)37-25-8-3-18(27(38)36-16-24-23(31)14-19(15-35-24)29(32,33)34)13-22(25)28(26(37)17-1-2-17)9-11-43(39,40)12-10-28/h3-8,13-15,17,26H,1-2,9-12,16H2,(H,36,38)/t26-/m0/s1. The van der Waals surface area contributed by atoms with Crippen LogP contribution in [0.1, 0.15) is 52.9 Å². The first-order valence-electron chi connectivity index (χ1n) is 13.8. The number of alkyl halides is 3. The van der Waals surface area contributed by atoms with Crippen LogP contribution in [-0.4, -0.2) is 45.3 Å². The minimum atomic E-state index is -4.79. The molecule has 3 heterocycles. The lowest BCUT2D eigenvalue weighted by atomic mass is 9.70. The van der Waals surface area contributed by atoms with Gasteiger partial charge in [0, 0.05) is 17.2 Å². The fraction of sp³-hybridized carbons (Fsp3) is 0.379. The number of hydrogen-bond donors (Lipinski definition) is 1. The Balaban J connectivity index is 1.37. The van der Waals surface area contributed by atoms with Gasteiger partial charge in [-0.15, -0.1) is 0 Å². The first-order chi connectivity index (χ1) is 20.6. The van der Waals surface area contributed by atoms with Crippen molar-refractivity contribution in [3.8, 4) is 0 Å². The van der Waals surface area contributed by atoms with E-state index in [1.54, 1.807) is 0 Å². The van der Waals surface area contributed by atoms with E-state index in [0.29, 0.717) is 17.8 Å². The molecule has 1 aliphatic carbocycles. The molecule has 15 heteroatoms. The van der Waals surface area contributed by atoms with E-state index in [4.69, 9.17) is 0 Å². The number of nitrogens with one attached hydrogen (secondary N) is 1. The number of sulfone groups is 1. The second-order valence-electron chi connectivity index (χ2n) is 11.4. The number of hydrogen-bond acceptors (Lipinski definition) is 6. The van der Waals surface area contributed by atoms with Crippen LogP contribution in [0, 0.1) is 17.6 Å². The zero-order valence-electron chi connectivity index (χ0n) is 22.9. The monoisotopic (exact) mass is 655 g/mol. The van der Waals surface area contributed by atoms with Gasteiger partial charge >= 0.3 is 6.18 Å². The number of fused-ring (bicyclic) bond motifs is 2. The summed E-state index contributed by atoms with van der Waals surface area (Å²) in [4.78, 5) is 16.5. The van der Waals surface area contributed by atoms with Crippen molar-refractivity contribution in [1.29, 1.82) is 0 Å². The minimum absolute atomic E-state index is 0.0653. The topological polar surface area (TPSA) is 114 Å². The Labute approximate surface area is 250 Å². The van der Waals surface area contributed by atoms with E-state index in [1.165, 1.54) is 34.6 Å². The van der Waals surface area contributed by atoms with Crippen LogP contribution in [0.5, 0.6) is 0 Å². The van der Waals surface area contributed by atoms with Crippen LogP contribution in [0.25, 0.3) is 0 Å². The smallest absolute Gasteiger partial charge is 0.346 e. The minimum Gasteiger partial charge on any atom is -0.346 e. The highest BCUT2D eigenvalue weighted by atomic mass is 32.2. The number of nitrogens with zero attached hydrogens (tertiary/aromatic N) is 2. The highest BCUT2D eigenvalue weighted by Crippen LogP contribution is 2.59. The highest BCUT2D eigenvalue weighted by Gasteiger charge is 2.60. The average molecular weight is 656 g/mol. The summed E-state index contributed by atoms with van der Waals surface area (Å²) in [6.45, 7) is -0.515. The number of amides is 1. The molecule has 0 radical (unpaired) electrons. The van der Waals surface area contributed by atoms with Crippen LogP contribution in [0.4, 0.5) is 27.6 Å². The summed E-state index contributed by atoms with van der Waals surface area (Å²) < 4.78 is 121. The summed E-state index contributed by atoms with van der Waals surface area (Å²) in [7, 11) is -7.61. The molecule has 0 bridgehead atoms. The molecule has 1 saturated heterocycles. The summed E-state index contributed by atoms with van der Waals surface area (Å²) in [6.07, 6.45) is -2.61. The Bertz CT molecular complexity index is 1850. The third-order valence-electron chi connectivity index (χ3n) is 8.67. The Morgan fingerprint density at radius 2 is 1.68 bits per heavy atom. The van der Waals surface area contributed by atoms with Crippen LogP contribution in [0.15, 0.2) is 59.6 Å². The first-order valence-corrected chi connectivity index (χ1v) is 17.0. The van der Waals surface area contributed by atoms with Crippen molar-refractivity contribution in [2.24, 2.45) is 5.92 Å². The number of anilines is 1. The molecule has 8 nitrogen and oxygen atoms in total. The van der Waals surface area contributed by atoms with Crippen molar-refractivity contribution in [3.63, 3.8) is 0 Å². The third-order valence-corrected chi connectivity index (χ3v) is 12.1. The predicted molar refractivity (Wildman–Crippen MR) is 149 cm³/mol. The van der Waals surface area contributed by atoms with Crippen LogP contribution < -0.4 is 9.62 Å². The molecule has 0 unspecified atom stereocenters. The Hall–Kier alpha value is -3.59. The molecule has 1 aromatic heterocycles.